The van der Waals surface area contributed by atoms with Crippen LogP contribution in [0.15, 0.2) is 79.1 Å². The SMILES string of the molecule is O=C(NCc1ccccc1)OCCCN(Cc1ccccn1)Cc1ccccn1. The maximum Gasteiger partial charge on any atom is 0.407 e. The Balaban J connectivity index is 1.43. The molecule has 0 radical (unpaired) electrons. The van der Waals surface area contributed by atoms with Crippen LogP contribution in [0.1, 0.15) is 23.4 Å². The van der Waals surface area contributed by atoms with E-state index in [1.807, 2.05) is 66.7 Å². The van der Waals surface area contributed by atoms with E-state index in [1.165, 1.54) is 0 Å². The molecule has 0 fully saturated rings. The summed E-state index contributed by atoms with van der Waals surface area (Å²) in [5.41, 5.74) is 3.05. The smallest absolute Gasteiger partial charge is 0.407 e. The molecule has 0 saturated carbocycles. The molecule has 2 heterocycles. The second kappa shape index (κ2) is 11.6. The number of nitrogens with zero attached hydrogens (tertiary/aromatic N) is 3. The lowest BCUT2D eigenvalue weighted by Gasteiger charge is -2.21. The van der Waals surface area contributed by atoms with Crippen LogP contribution in [0.5, 0.6) is 0 Å². The number of carbonyl (C=O) groups is 1. The first-order chi connectivity index (χ1) is 14.3. The molecule has 6 nitrogen and oxygen atoms in total. The van der Waals surface area contributed by atoms with Crippen molar-refractivity contribution in [3.05, 3.63) is 96.1 Å². The van der Waals surface area contributed by atoms with Crippen LogP contribution >= 0.6 is 0 Å². The lowest BCUT2D eigenvalue weighted by atomic mass is 10.2. The first-order valence-electron chi connectivity index (χ1n) is 9.76. The van der Waals surface area contributed by atoms with Gasteiger partial charge in [-0.25, -0.2) is 4.79 Å². The second-order valence-electron chi connectivity index (χ2n) is 6.68. The molecule has 29 heavy (non-hydrogen) atoms. The van der Waals surface area contributed by atoms with Gasteiger partial charge in [0.2, 0.25) is 0 Å². The van der Waals surface area contributed by atoms with Crippen molar-refractivity contribution in [2.24, 2.45) is 0 Å². The van der Waals surface area contributed by atoms with Crippen LogP contribution < -0.4 is 5.32 Å². The maximum absolute atomic E-state index is 11.9. The third kappa shape index (κ3) is 7.71. The third-order valence-electron chi connectivity index (χ3n) is 4.36. The van der Waals surface area contributed by atoms with Gasteiger partial charge in [-0.15, -0.1) is 0 Å². The molecule has 0 aliphatic rings. The first-order valence-corrected chi connectivity index (χ1v) is 9.76. The minimum atomic E-state index is -0.394. The number of nitrogens with one attached hydrogen (secondary N) is 1. The van der Waals surface area contributed by atoms with Crippen molar-refractivity contribution in [2.45, 2.75) is 26.1 Å². The number of carbonyl (C=O) groups excluding carboxylic acids is 1. The molecule has 0 aliphatic carbocycles. The molecule has 150 valence electrons. The monoisotopic (exact) mass is 390 g/mol. The zero-order chi connectivity index (χ0) is 20.2. The fourth-order valence-electron chi connectivity index (χ4n) is 2.93. The Hall–Kier alpha value is -3.25. The number of pyridine rings is 2. The summed E-state index contributed by atoms with van der Waals surface area (Å²) in [6, 6.07) is 21.6. The maximum atomic E-state index is 11.9. The van der Waals surface area contributed by atoms with Gasteiger partial charge in [-0.05, 0) is 36.2 Å². The van der Waals surface area contributed by atoms with E-state index in [0.29, 0.717) is 13.2 Å². The van der Waals surface area contributed by atoms with Crippen LogP contribution in [0.2, 0.25) is 0 Å². The highest BCUT2D eigenvalue weighted by molar-refractivity contribution is 5.67. The zero-order valence-electron chi connectivity index (χ0n) is 16.4. The van der Waals surface area contributed by atoms with Crippen LogP contribution in [-0.4, -0.2) is 34.1 Å². The molecule has 0 saturated heterocycles. The molecule has 6 heteroatoms. The van der Waals surface area contributed by atoms with E-state index < -0.39 is 6.09 Å². The van der Waals surface area contributed by atoms with Gasteiger partial charge in [0.05, 0.1) is 18.0 Å². The lowest BCUT2D eigenvalue weighted by Crippen LogP contribution is -2.28. The Bertz CT molecular complexity index is 803. The normalized spacial score (nSPS) is 10.7. The molecule has 1 aromatic carbocycles. The van der Waals surface area contributed by atoms with Crippen LogP contribution in [0.3, 0.4) is 0 Å². The molecule has 0 atom stereocenters. The molecule has 0 unspecified atom stereocenters. The third-order valence-corrected chi connectivity index (χ3v) is 4.36. The highest BCUT2D eigenvalue weighted by atomic mass is 16.5. The molecule has 0 aliphatic heterocycles. The molecule has 3 aromatic rings. The largest absolute Gasteiger partial charge is 0.450 e. The summed E-state index contributed by atoms with van der Waals surface area (Å²) in [4.78, 5) is 23.0. The summed E-state index contributed by atoms with van der Waals surface area (Å²) in [6.45, 7) is 3.04. The average Bonchev–Trinajstić information content (AvgIpc) is 2.77. The molecule has 0 spiro atoms. The number of rotatable bonds is 10. The van der Waals surface area contributed by atoms with Crippen LogP contribution in [0.4, 0.5) is 4.79 Å². The predicted octanol–water partition coefficient (Wildman–Crippen LogP) is 3.80. The molecule has 2 aromatic heterocycles. The summed E-state index contributed by atoms with van der Waals surface area (Å²) in [7, 11) is 0. The molecule has 3 rings (SSSR count). The molecular formula is C23H26N4O2. The van der Waals surface area contributed by atoms with Crippen LogP contribution in [-0.2, 0) is 24.4 Å². The van der Waals surface area contributed by atoms with E-state index in [9.17, 15) is 4.79 Å². The molecule has 1 amide bonds. The number of benzene rings is 1. The van der Waals surface area contributed by atoms with E-state index >= 15 is 0 Å². The van der Waals surface area contributed by atoms with Gasteiger partial charge < -0.3 is 10.1 Å². The number of hydrogen-bond donors (Lipinski definition) is 1. The highest BCUT2D eigenvalue weighted by Gasteiger charge is 2.09. The minimum Gasteiger partial charge on any atom is -0.450 e. The Labute approximate surface area is 171 Å². The fraction of sp³-hybridized carbons (Fsp3) is 0.261. The van der Waals surface area contributed by atoms with Crippen LogP contribution in [0.25, 0.3) is 0 Å². The van der Waals surface area contributed by atoms with Crippen molar-refractivity contribution in [3.8, 4) is 0 Å². The standard InChI is InChI=1S/C23H26N4O2/c28-23(26-17-20-9-2-1-3-10-20)29-16-8-15-27(18-21-11-4-6-13-24-21)19-22-12-5-7-14-25-22/h1-7,9-14H,8,15-19H2,(H,26,28). The highest BCUT2D eigenvalue weighted by Crippen LogP contribution is 2.08. The quantitative estimate of drug-likeness (QED) is 0.534. The van der Waals surface area contributed by atoms with Gasteiger partial charge in [0.25, 0.3) is 0 Å². The Morgan fingerprint density at radius 3 is 2.07 bits per heavy atom. The molecular weight excluding hydrogens is 364 g/mol. The number of hydrogen-bond acceptors (Lipinski definition) is 5. The minimum absolute atomic E-state index is 0.363. The van der Waals surface area contributed by atoms with Crippen molar-refractivity contribution in [1.29, 1.82) is 0 Å². The van der Waals surface area contributed by atoms with Gasteiger partial charge in [-0.3, -0.25) is 14.9 Å². The number of alkyl carbamates (subject to hydrolysis) is 1. The number of ether oxygens (including phenoxy) is 1. The Kier molecular flexibility index (Phi) is 8.17. The van der Waals surface area contributed by atoms with Crippen molar-refractivity contribution < 1.29 is 9.53 Å². The van der Waals surface area contributed by atoms with Gasteiger partial charge in [-0.1, -0.05) is 42.5 Å². The number of aromatic nitrogens is 2. The van der Waals surface area contributed by atoms with Crippen molar-refractivity contribution in [3.63, 3.8) is 0 Å². The topological polar surface area (TPSA) is 67.3 Å². The Morgan fingerprint density at radius 1 is 0.862 bits per heavy atom. The van der Waals surface area contributed by atoms with Gasteiger partial charge in [0.15, 0.2) is 0 Å². The van der Waals surface area contributed by atoms with Gasteiger partial charge >= 0.3 is 6.09 Å². The van der Waals surface area contributed by atoms with E-state index in [4.69, 9.17) is 4.74 Å². The summed E-state index contributed by atoms with van der Waals surface area (Å²) >= 11 is 0. The molecule has 0 bridgehead atoms. The zero-order valence-corrected chi connectivity index (χ0v) is 16.4. The summed E-state index contributed by atoms with van der Waals surface area (Å²) in [5.74, 6) is 0. The van der Waals surface area contributed by atoms with Gasteiger partial charge in [0, 0.05) is 38.6 Å². The summed E-state index contributed by atoms with van der Waals surface area (Å²) in [6.07, 6.45) is 3.94. The van der Waals surface area contributed by atoms with Crippen LogP contribution in [0, 0.1) is 0 Å². The molecule has 1 N–H and O–H groups in total. The summed E-state index contributed by atoms with van der Waals surface area (Å²) in [5, 5.41) is 2.77. The fourth-order valence-corrected chi connectivity index (χ4v) is 2.93. The van der Waals surface area contributed by atoms with E-state index in [0.717, 1.165) is 43.0 Å². The van der Waals surface area contributed by atoms with Crippen molar-refractivity contribution in [2.75, 3.05) is 13.2 Å². The van der Waals surface area contributed by atoms with E-state index in [-0.39, 0.29) is 0 Å². The second-order valence-corrected chi connectivity index (χ2v) is 6.68. The predicted molar refractivity (Wildman–Crippen MR) is 112 cm³/mol. The van der Waals surface area contributed by atoms with Crippen molar-refractivity contribution >= 4 is 6.09 Å². The Morgan fingerprint density at radius 2 is 1.48 bits per heavy atom. The van der Waals surface area contributed by atoms with Gasteiger partial charge in [-0.2, -0.15) is 0 Å². The van der Waals surface area contributed by atoms with Gasteiger partial charge in [0.1, 0.15) is 0 Å². The lowest BCUT2D eigenvalue weighted by molar-refractivity contribution is 0.135. The van der Waals surface area contributed by atoms with E-state index in [1.54, 1.807) is 12.4 Å². The van der Waals surface area contributed by atoms with E-state index in [2.05, 4.69) is 20.2 Å². The summed E-state index contributed by atoms with van der Waals surface area (Å²) < 4.78 is 5.31. The average molecular weight is 390 g/mol. The first kappa shape index (κ1) is 20.5. The van der Waals surface area contributed by atoms with Crippen molar-refractivity contribution in [1.82, 2.24) is 20.2 Å². The number of amides is 1.